The molecule has 1 aliphatic heterocycles. The molecule has 0 aromatic heterocycles. The van der Waals surface area contributed by atoms with E-state index in [0.717, 1.165) is 25.9 Å². The lowest BCUT2D eigenvalue weighted by molar-refractivity contribution is -0.134. The highest BCUT2D eigenvalue weighted by molar-refractivity contribution is 5.77. The molecule has 82 valence electrons. The first-order chi connectivity index (χ1) is 7.25. The molecule has 2 N–H and O–H groups in total. The van der Waals surface area contributed by atoms with Crippen LogP contribution in [-0.2, 0) is 4.79 Å². The van der Waals surface area contributed by atoms with Gasteiger partial charge in [0, 0.05) is 25.6 Å². The molecular weight excluding hydrogens is 188 g/mol. The van der Waals surface area contributed by atoms with E-state index < -0.39 is 0 Å². The number of carbonyl (C=O) groups excluding carboxylic acids is 1. The number of carbonyl (C=O) groups is 1. The van der Waals surface area contributed by atoms with Gasteiger partial charge in [0.2, 0.25) is 5.91 Å². The Balaban J connectivity index is 1.73. The van der Waals surface area contributed by atoms with Crippen molar-refractivity contribution >= 4 is 5.91 Å². The monoisotopic (exact) mass is 206 g/mol. The molecule has 2 rings (SSSR count). The van der Waals surface area contributed by atoms with E-state index in [4.69, 9.17) is 5.73 Å². The Hall–Kier alpha value is -1.09. The van der Waals surface area contributed by atoms with Crippen LogP contribution >= 0.6 is 0 Å². The van der Waals surface area contributed by atoms with Gasteiger partial charge in [-0.25, -0.2) is 0 Å². The fourth-order valence-electron chi connectivity index (χ4n) is 1.84. The highest BCUT2D eigenvalue weighted by Crippen LogP contribution is 2.16. The van der Waals surface area contributed by atoms with Gasteiger partial charge in [-0.15, -0.1) is 0 Å². The van der Waals surface area contributed by atoms with Gasteiger partial charge in [0.25, 0.3) is 0 Å². The minimum Gasteiger partial charge on any atom is -0.343 e. The van der Waals surface area contributed by atoms with Gasteiger partial charge in [0.05, 0.1) is 0 Å². The zero-order valence-electron chi connectivity index (χ0n) is 8.98. The summed E-state index contributed by atoms with van der Waals surface area (Å²) >= 11 is 0. The molecule has 1 saturated heterocycles. The normalized spacial score (nSPS) is 24.7. The summed E-state index contributed by atoms with van der Waals surface area (Å²) in [5.41, 5.74) is 6.98. The maximum atomic E-state index is 11.6. The molecule has 1 aliphatic carbocycles. The SMILES string of the molecule is NC1C=CC(CCC(=O)N2CCC2)=CC1. The summed E-state index contributed by atoms with van der Waals surface area (Å²) in [5.74, 6) is 0.297. The van der Waals surface area contributed by atoms with E-state index in [0.29, 0.717) is 12.3 Å². The minimum absolute atomic E-state index is 0.167. The molecule has 0 radical (unpaired) electrons. The quantitative estimate of drug-likeness (QED) is 0.754. The van der Waals surface area contributed by atoms with Crippen molar-refractivity contribution in [3.8, 4) is 0 Å². The van der Waals surface area contributed by atoms with Crippen LogP contribution < -0.4 is 5.73 Å². The maximum Gasteiger partial charge on any atom is 0.222 e. The van der Waals surface area contributed by atoms with Crippen LogP contribution in [0.3, 0.4) is 0 Å². The summed E-state index contributed by atoms with van der Waals surface area (Å²) in [7, 11) is 0. The van der Waals surface area contributed by atoms with E-state index in [2.05, 4.69) is 12.2 Å². The van der Waals surface area contributed by atoms with Crippen molar-refractivity contribution in [3.05, 3.63) is 23.8 Å². The third-order valence-electron chi connectivity index (χ3n) is 3.05. The first-order valence-electron chi connectivity index (χ1n) is 5.66. The van der Waals surface area contributed by atoms with E-state index in [1.165, 1.54) is 12.0 Å². The highest BCUT2D eigenvalue weighted by atomic mass is 16.2. The Morgan fingerprint density at radius 2 is 2.33 bits per heavy atom. The zero-order chi connectivity index (χ0) is 10.7. The number of hydrogen-bond donors (Lipinski definition) is 1. The van der Waals surface area contributed by atoms with Crippen LogP contribution in [0, 0.1) is 0 Å². The van der Waals surface area contributed by atoms with Crippen molar-refractivity contribution < 1.29 is 4.79 Å². The lowest BCUT2D eigenvalue weighted by Crippen LogP contribution is -2.41. The summed E-state index contributed by atoms with van der Waals surface area (Å²) in [6.45, 7) is 1.91. The van der Waals surface area contributed by atoms with Crippen molar-refractivity contribution in [1.82, 2.24) is 4.90 Å². The number of nitrogens with two attached hydrogens (primary N) is 1. The lowest BCUT2D eigenvalue weighted by atomic mass is 9.99. The van der Waals surface area contributed by atoms with Crippen molar-refractivity contribution in [2.45, 2.75) is 31.7 Å². The van der Waals surface area contributed by atoms with E-state index in [1.54, 1.807) is 0 Å². The van der Waals surface area contributed by atoms with Crippen LogP contribution in [0.2, 0.25) is 0 Å². The molecule has 1 fully saturated rings. The molecule has 1 amide bonds. The number of hydrogen-bond acceptors (Lipinski definition) is 2. The Bertz CT molecular complexity index is 303. The van der Waals surface area contributed by atoms with Gasteiger partial charge in [0.1, 0.15) is 0 Å². The van der Waals surface area contributed by atoms with Crippen LogP contribution in [-0.4, -0.2) is 29.9 Å². The number of rotatable bonds is 3. The summed E-state index contributed by atoms with van der Waals surface area (Å²) in [6.07, 6.45) is 9.80. The molecule has 1 atom stereocenters. The largest absolute Gasteiger partial charge is 0.343 e. The van der Waals surface area contributed by atoms with Gasteiger partial charge in [-0.2, -0.15) is 0 Å². The average Bonchev–Trinajstić information content (AvgIpc) is 2.14. The molecule has 0 aromatic carbocycles. The Labute approximate surface area is 90.6 Å². The van der Waals surface area contributed by atoms with Crippen molar-refractivity contribution in [2.75, 3.05) is 13.1 Å². The van der Waals surface area contributed by atoms with E-state index in [-0.39, 0.29) is 6.04 Å². The summed E-state index contributed by atoms with van der Waals surface area (Å²) < 4.78 is 0. The lowest BCUT2D eigenvalue weighted by Gasteiger charge is -2.31. The second kappa shape index (κ2) is 4.62. The van der Waals surface area contributed by atoms with Gasteiger partial charge < -0.3 is 10.6 Å². The average molecular weight is 206 g/mol. The molecule has 0 bridgehead atoms. The number of nitrogens with zero attached hydrogens (tertiary/aromatic N) is 1. The van der Waals surface area contributed by atoms with Gasteiger partial charge in [-0.3, -0.25) is 4.79 Å². The number of likely N-dealkylation sites (tertiary alicyclic amines) is 1. The van der Waals surface area contributed by atoms with Gasteiger partial charge in [-0.1, -0.05) is 23.8 Å². The topological polar surface area (TPSA) is 46.3 Å². The molecule has 3 heteroatoms. The molecular formula is C12H18N2O. The number of amides is 1. The summed E-state index contributed by atoms with van der Waals surface area (Å²) in [6, 6.07) is 0.167. The summed E-state index contributed by atoms with van der Waals surface area (Å²) in [4.78, 5) is 13.5. The first kappa shape index (κ1) is 10.4. The fraction of sp³-hybridized carbons (Fsp3) is 0.583. The van der Waals surface area contributed by atoms with Crippen LogP contribution in [0.25, 0.3) is 0 Å². The van der Waals surface area contributed by atoms with Crippen LogP contribution in [0.15, 0.2) is 23.8 Å². The van der Waals surface area contributed by atoms with Crippen molar-refractivity contribution in [2.24, 2.45) is 5.73 Å². The maximum absolute atomic E-state index is 11.6. The third kappa shape index (κ3) is 2.69. The third-order valence-corrected chi connectivity index (χ3v) is 3.05. The van der Waals surface area contributed by atoms with Crippen LogP contribution in [0.4, 0.5) is 0 Å². The Morgan fingerprint density at radius 1 is 1.53 bits per heavy atom. The molecule has 15 heavy (non-hydrogen) atoms. The van der Waals surface area contributed by atoms with Crippen LogP contribution in [0.1, 0.15) is 25.7 Å². The van der Waals surface area contributed by atoms with Gasteiger partial charge >= 0.3 is 0 Å². The first-order valence-corrected chi connectivity index (χ1v) is 5.66. The van der Waals surface area contributed by atoms with E-state index in [1.807, 2.05) is 11.0 Å². The zero-order valence-corrected chi connectivity index (χ0v) is 8.98. The van der Waals surface area contributed by atoms with Crippen LogP contribution in [0.5, 0.6) is 0 Å². The molecule has 0 aromatic rings. The fourth-order valence-corrected chi connectivity index (χ4v) is 1.84. The van der Waals surface area contributed by atoms with E-state index in [9.17, 15) is 4.79 Å². The molecule has 1 unspecified atom stereocenters. The number of allylic oxidation sites excluding steroid dienone is 2. The highest BCUT2D eigenvalue weighted by Gasteiger charge is 2.19. The second-order valence-corrected chi connectivity index (χ2v) is 4.27. The molecule has 0 spiro atoms. The Kier molecular flexibility index (Phi) is 3.21. The van der Waals surface area contributed by atoms with Gasteiger partial charge in [-0.05, 0) is 19.3 Å². The predicted octanol–water partition coefficient (Wildman–Crippen LogP) is 1.21. The minimum atomic E-state index is 0.167. The Morgan fingerprint density at radius 3 is 2.87 bits per heavy atom. The van der Waals surface area contributed by atoms with Crippen molar-refractivity contribution in [3.63, 3.8) is 0 Å². The molecule has 3 nitrogen and oxygen atoms in total. The van der Waals surface area contributed by atoms with E-state index >= 15 is 0 Å². The standard InChI is InChI=1S/C12H18N2O/c13-11-5-2-10(3-6-11)4-7-12(15)14-8-1-9-14/h2-3,5,11H,1,4,6-9,13H2. The smallest absolute Gasteiger partial charge is 0.222 e. The summed E-state index contributed by atoms with van der Waals surface area (Å²) in [5, 5.41) is 0. The molecule has 2 aliphatic rings. The predicted molar refractivity (Wildman–Crippen MR) is 60.2 cm³/mol. The van der Waals surface area contributed by atoms with Crippen molar-refractivity contribution in [1.29, 1.82) is 0 Å². The molecule has 0 saturated carbocycles. The molecule has 1 heterocycles. The van der Waals surface area contributed by atoms with Gasteiger partial charge in [0.15, 0.2) is 0 Å². The second-order valence-electron chi connectivity index (χ2n) is 4.27.